The number of amides is 1. The quantitative estimate of drug-likeness (QED) is 0.919. The molecule has 0 radical (unpaired) electrons. The minimum absolute atomic E-state index is 0. The average Bonchev–Trinajstić information content (AvgIpc) is 2.83. The first-order valence-electron chi connectivity index (χ1n) is 6.86. The summed E-state index contributed by atoms with van der Waals surface area (Å²) in [6, 6.07) is 10.4. The van der Waals surface area contributed by atoms with E-state index in [9.17, 15) is 4.79 Å². The predicted octanol–water partition coefficient (Wildman–Crippen LogP) is 1.66. The van der Waals surface area contributed by atoms with E-state index in [1.54, 1.807) is 0 Å². The molecule has 1 saturated heterocycles. The lowest BCUT2D eigenvalue weighted by molar-refractivity contribution is -0.132. The maximum Gasteiger partial charge on any atom is 0.236 e. The van der Waals surface area contributed by atoms with E-state index in [4.69, 9.17) is 5.73 Å². The van der Waals surface area contributed by atoms with Crippen molar-refractivity contribution < 1.29 is 4.79 Å². The summed E-state index contributed by atoms with van der Waals surface area (Å²) in [5.74, 6) is 0.158. The highest BCUT2D eigenvalue weighted by Gasteiger charge is 2.24. The standard InChI is InChI=1S/C15H23N3O.ClH/c1-12(13-6-4-3-5-7-13)17(2)15(19)11-18-9-8-14(16)10-18;/h3-7,12,14H,8-11,16H2,1-2H3;1H. The lowest BCUT2D eigenvalue weighted by Crippen LogP contribution is -2.39. The van der Waals surface area contributed by atoms with Gasteiger partial charge < -0.3 is 10.6 Å². The molecule has 1 aromatic rings. The molecule has 1 aliphatic rings. The summed E-state index contributed by atoms with van der Waals surface area (Å²) >= 11 is 0. The van der Waals surface area contributed by atoms with Crippen LogP contribution < -0.4 is 5.73 Å². The van der Waals surface area contributed by atoms with Gasteiger partial charge in [-0.3, -0.25) is 9.69 Å². The highest BCUT2D eigenvalue weighted by atomic mass is 35.5. The Hall–Kier alpha value is -1.10. The van der Waals surface area contributed by atoms with Crippen LogP contribution >= 0.6 is 12.4 Å². The number of nitrogens with zero attached hydrogens (tertiary/aromatic N) is 2. The third kappa shape index (κ3) is 4.20. The van der Waals surface area contributed by atoms with E-state index in [0.717, 1.165) is 25.1 Å². The van der Waals surface area contributed by atoms with Gasteiger partial charge in [0.15, 0.2) is 0 Å². The zero-order valence-electron chi connectivity index (χ0n) is 12.2. The van der Waals surface area contributed by atoms with E-state index in [2.05, 4.69) is 24.0 Å². The fourth-order valence-electron chi connectivity index (χ4n) is 2.48. The Kier molecular flexibility index (Phi) is 6.46. The molecule has 0 bridgehead atoms. The molecular formula is C15H24ClN3O. The van der Waals surface area contributed by atoms with E-state index in [1.165, 1.54) is 0 Å². The zero-order valence-corrected chi connectivity index (χ0v) is 13.0. The van der Waals surface area contributed by atoms with Gasteiger partial charge in [0.2, 0.25) is 5.91 Å². The summed E-state index contributed by atoms with van der Waals surface area (Å²) in [6.45, 7) is 4.30. The minimum Gasteiger partial charge on any atom is -0.338 e. The third-order valence-corrected chi connectivity index (χ3v) is 3.92. The Labute approximate surface area is 127 Å². The smallest absolute Gasteiger partial charge is 0.236 e. The SMILES string of the molecule is CC(c1ccccc1)N(C)C(=O)CN1CCC(N)C1.Cl. The molecule has 0 saturated carbocycles. The van der Waals surface area contributed by atoms with Gasteiger partial charge in [0, 0.05) is 26.2 Å². The van der Waals surface area contributed by atoms with Crippen LogP contribution in [0, 0.1) is 0 Å². The lowest BCUT2D eigenvalue weighted by atomic mass is 10.1. The molecule has 112 valence electrons. The molecule has 0 aromatic heterocycles. The van der Waals surface area contributed by atoms with Gasteiger partial charge in [0.1, 0.15) is 0 Å². The number of benzene rings is 1. The van der Waals surface area contributed by atoms with Crippen molar-refractivity contribution >= 4 is 18.3 Å². The molecule has 5 heteroatoms. The highest BCUT2D eigenvalue weighted by Crippen LogP contribution is 2.18. The van der Waals surface area contributed by atoms with Gasteiger partial charge in [0.25, 0.3) is 0 Å². The summed E-state index contributed by atoms with van der Waals surface area (Å²) in [4.78, 5) is 16.2. The second-order valence-electron chi connectivity index (χ2n) is 5.38. The lowest BCUT2D eigenvalue weighted by Gasteiger charge is -2.27. The Morgan fingerprint density at radius 3 is 2.65 bits per heavy atom. The number of likely N-dealkylation sites (tertiary alicyclic amines) is 1. The number of likely N-dealkylation sites (N-methyl/N-ethyl adjacent to an activating group) is 1. The Bertz CT molecular complexity index is 426. The Balaban J connectivity index is 0.00000200. The Morgan fingerprint density at radius 2 is 2.10 bits per heavy atom. The fraction of sp³-hybridized carbons (Fsp3) is 0.533. The first kappa shape index (κ1) is 17.0. The van der Waals surface area contributed by atoms with Crippen molar-refractivity contribution in [2.24, 2.45) is 5.73 Å². The van der Waals surface area contributed by atoms with Crippen LogP contribution in [-0.2, 0) is 4.79 Å². The van der Waals surface area contributed by atoms with Crippen molar-refractivity contribution in [2.45, 2.75) is 25.4 Å². The molecule has 2 N–H and O–H groups in total. The number of carbonyl (C=O) groups is 1. The van der Waals surface area contributed by atoms with Gasteiger partial charge in [-0.2, -0.15) is 0 Å². The topological polar surface area (TPSA) is 49.6 Å². The van der Waals surface area contributed by atoms with Crippen LogP contribution in [0.4, 0.5) is 0 Å². The van der Waals surface area contributed by atoms with Crippen LogP contribution in [0.5, 0.6) is 0 Å². The molecule has 20 heavy (non-hydrogen) atoms. The van der Waals surface area contributed by atoms with E-state index in [1.807, 2.05) is 30.1 Å². The van der Waals surface area contributed by atoms with Crippen LogP contribution in [-0.4, -0.2) is 48.4 Å². The van der Waals surface area contributed by atoms with Crippen molar-refractivity contribution in [1.82, 2.24) is 9.80 Å². The van der Waals surface area contributed by atoms with Gasteiger partial charge in [-0.1, -0.05) is 30.3 Å². The molecule has 2 rings (SSSR count). The second-order valence-corrected chi connectivity index (χ2v) is 5.38. The van der Waals surface area contributed by atoms with Crippen LogP contribution in [0.3, 0.4) is 0 Å². The number of nitrogens with two attached hydrogens (primary N) is 1. The number of carbonyl (C=O) groups excluding carboxylic acids is 1. The molecule has 2 atom stereocenters. The molecule has 0 aliphatic carbocycles. The van der Waals surface area contributed by atoms with Gasteiger partial charge in [-0.15, -0.1) is 12.4 Å². The molecule has 1 aromatic carbocycles. The normalized spacial score (nSPS) is 20.2. The van der Waals surface area contributed by atoms with Gasteiger partial charge in [0.05, 0.1) is 12.6 Å². The van der Waals surface area contributed by atoms with E-state index < -0.39 is 0 Å². The third-order valence-electron chi connectivity index (χ3n) is 3.92. The van der Waals surface area contributed by atoms with Crippen molar-refractivity contribution in [1.29, 1.82) is 0 Å². The van der Waals surface area contributed by atoms with Crippen LogP contribution in [0.15, 0.2) is 30.3 Å². The van der Waals surface area contributed by atoms with Gasteiger partial charge in [-0.05, 0) is 18.9 Å². The van der Waals surface area contributed by atoms with Crippen molar-refractivity contribution in [3.05, 3.63) is 35.9 Å². The van der Waals surface area contributed by atoms with Crippen molar-refractivity contribution in [3.8, 4) is 0 Å². The zero-order chi connectivity index (χ0) is 13.8. The maximum absolute atomic E-state index is 12.3. The first-order valence-corrected chi connectivity index (χ1v) is 6.86. The molecule has 0 spiro atoms. The van der Waals surface area contributed by atoms with Crippen LogP contribution in [0.25, 0.3) is 0 Å². The molecular weight excluding hydrogens is 274 g/mol. The summed E-state index contributed by atoms with van der Waals surface area (Å²) in [5.41, 5.74) is 7.02. The molecule has 1 fully saturated rings. The minimum atomic E-state index is 0. The summed E-state index contributed by atoms with van der Waals surface area (Å²) in [7, 11) is 1.87. The Morgan fingerprint density at radius 1 is 1.45 bits per heavy atom. The van der Waals surface area contributed by atoms with E-state index in [-0.39, 0.29) is 30.4 Å². The van der Waals surface area contributed by atoms with Crippen LogP contribution in [0.2, 0.25) is 0 Å². The van der Waals surface area contributed by atoms with E-state index >= 15 is 0 Å². The fourth-order valence-corrected chi connectivity index (χ4v) is 2.48. The highest BCUT2D eigenvalue weighted by molar-refractivity contribution is 5.85. The van der Waals surface area contributed by atoms with Crippen molar-refractivity contribution in [3.63, 3.8) is 0 Å². The number of hydrogen-bond donors (Lipinski definition) is 1. The largest absolute Gasteiger partial charge is 0.338 e. The predicted molar refractivity (Wildman–Crippen MR) is 83.9 cm³/mol. The first-order chi connectivity index (χ1) is 9.08. The molecule has 1 heterocycles. The number of hydrogen-bond acceptors (Lipinski definition) is 3. The number of halogens is 1. The maximum atomic E-state index is 12.3. The monoisotopic (exact) mass is 297 g/mol. The summed E-state index contributed by atoms with van der Waals surface area (Å²) in [5, 5.41) is 0. The second kappa shape index (κ2) is 7.62. The molecule has 1 amide bonds. The summed E-state index contributed by atoms with van der Waals surface area (Å²) < 4.78 is 0. The summed E-state index contributed by atoms with van der Waals surface area (Å²) in [6.07, 6.45) is 0.991. The average molecular weight is 298 g/mol. The van der Waals surface area contributed by atoms with Gasteiger partial charge >= 0.3 is 0 Å². The molecule has 4 nitrogen and oxygen atoms in total. The van der Waals surface area contributed by atoms with E-state index in [0.29, 0.717) is 6.54 Å². The number of rotatable bonds is 4. The molecule has 1 aliphatic heterocycles. The molecule has 2 unspecified atom stereocenters. The van der Waals surface area contributed by atoms with Crippen molar-refractivity contribution in [2.75, 3.05) is 26.7 Å². The van der Waals surface area contributed by atoms with Crippen LogP contribution in [0.1, 0.15) is 24.9 Å². The van der Waals surface area contributed by atoms with Gasteiger partial charge in [-0.25, -0.2) is 0 Å².